The van der Waals surface area contributed by atoms with Gasteiger partial charge in [0.1, 0.15) is 0 Å². The molecular weight excluding hydrogens is 573 g/mol. The first-order valence-corrected chi connectivity index (χ1v) is 27.5. The Balaban J connectivity index is 1.72. The van der Waals surface area contributed by atoms with Crippen LogP contribution in [0.4, 0.5) is 0 Å². The molecule has 4 aliphatic carbocycles. The molecule has 4 rings (SSSR count). The monoisotopic (exact) mass is 638 g/mol. The topological polar surface area (TPSA) is 54.0 Å². The van der Waals surface area contributed by atoms with Crippen LogP contribution in [-0.2, 0) is 22.8 Å². The predicted molar refractivity (Wildman–Crippen MR) is 181 cm³/mol. The number of carbonyl (C=O) groups excluding carboxylic acids is 1. The summed E-state index contributed by atoms with van der Waals surface area (Å²) in [5.74, 6) is 3.45. The number of rotatable bonds is 10. The predicted octanol–water partition coefficient (Wildman–Crippen LogP) is 9.11. The fraction of sp³-hybridized carbons (Fsp3) is 0.971. The van der Waals surface area contributed by atoms with Crippen LogP contribution in [0.25, 0.3) is 0 Å². The number of esters is 1. The molecule has 4 aliphatic rings. The molecule has 4 fully saturated rings. The van der Waals surface area contributed by atoms with Gasteiger partial charge in [0, 0.05) is 18.6 Å². The molecule has 4 saturated carbocycles. The molecule has 0 N–H and O–H groups in total. The summed E-state index contributed by atoms with van der Waals surface area (Å²) < 4.78 is 26.4. The van der Waals surface area contributed by atoms with Crippen molar-refractivity contribution in [3.63, 3.8) is 0 Å². The first-order chi connectivity index (χ1) is 19.2. The van der Waals surface area contributed by atoms with E-state index >= 15 is 0 Å². The zero-order chi connectivity index (χ0) is 31.5. The van der Waals surface area contributed by atoms with E-state index in [-0.39, 0.29) is 17.5 Å². The van der Waals surface area contributed by atoms with E-state index in [1.54, 1.807) is 0 Å². The summed E-state index contributed by atoms with van der Waals surface area (Å²) in [5, 5.41) is 0. The molecule has 42 heavy (non-hydrogen) atoms. The summed E-state index contributed by atoms with van der Waals surface area (Å²) in [6.07, 6.45) is 11.0. The minimum atomic E-state index is -1.79. The third-order valence-electron chi connectivity index (χ3n) is 12.0. The molecule has 0 saturated heterocycles. The lowest BCUT2D eigenvalue weighted by molar-refractivity contribution is -0.199. The van der Waals surface area contributed by atoms with Crippen LogP contribution in [-0.4, -0.2) is 56.3 Å². The van der Waals surface area contributed by atoms with Gasteiger partial charge in [-0.25, -0.2) is 0 Å². The summed E-state index contributed by atoms with van der Waals surface area (Å²) in [4.78, 5) is 12.1. The minimum Gasteiger partial charge on any atom is -0.469 e. The summed E-state index contributed by atoms with van der Waals surface area (Å²) in [6, 6.07) is 0. The second-order valence-electron chi connectivity index (χ2n) is 18.2. The molecule has 0 radical (unpaired) electrons. The van der Waals surface area contributed by atoms with Crippen LogP contribution in [0.5, 0.6) is 0 Å². The van der Waals surface area contributed by atoms with Gasteiger partial charge in [-0.1, -0.05) is 20.8 Å². The van der Waals surface area contributed by atoms with Gasteiger partial charge in [-0.3, -0.25) is 4.79 Å². The van der Waals surface area contributed by atoms with E-state index in [1.807, 2.05) is 0 Å². The zero-order valence-corrected chi connectivity index (χ0v) is 32.6. The first kappa shape index (κ1) is 34.9. The summed E-state index contributed by atoms with van der Waals surface area (Å²) in [7, 11) is -3.61. The Morgan fingerprint density at radius 3 is 2.00 bits per heavy atom. The average Bonchev–Trinajstić information content (AvgIpc) is 3.19. The van der Waals surface area contributed by atoms with E-state index in [0.29, 0.717) is 59.6 Å². The quantitative estimate of drug-likeness (QED) is 0.176. The molecule has 0 aliphatic heterocycles. The second-order valence-corrected chi connectivity index (χ2v) is 31.6. The third kappa shape index (κ3) is 7.35. The third-order valence-corrected chi connectivity index (χ3v) is 15.0. The maximum Gasteiger partial charge on any atom is 0.305 e. The van der Waals surface area contributed by atoms with Crippen LogP contribution < -0.4 is 0 Å². The van der Waals surface area contributed by atoms with Crippen molar-refractivity contribution >= 4 is 30.9 Å². The van der Waals surface area contributed by atoms with Gasteiger partial charge < -0.3 is 18.0 Å². The van der Waals surface area contributed by atoms with Gasteiger partial charge in [0.25, 0.3) is 0 Å². The molecule has 0 spiro atoms. The number of ether oxygens (including phenoxy) is 1. The molecule has 0 heterocycles. The van der Waals surface area contributed by atoms with Crippen LogP contribution in [0.1, 0.15) is 78.6 Å². The lowest BCUT2D eigenvalue weighted by Crippen LogP contribution is -2.64. The number of hydrogen-bond donors (Lipinski definition) is 0. The Bertz CT molecular complexity index is 954. The normalized spacial score (nSPS) is 41.5. The van der Waals surface area contributed by atoms with Gasteiger partial charge in [0.15, 0.2) is 25.0 Å². The van der Waals surface area contributed by atoms with Gasteiger partial charge >= 0.3 is 5.97 Å². The maximum absolute atomic E-state index is 12.1. The van der Waals surface area contributed by atoms with E-state index in [4.69, 9.17) is 18.0 Å². The molecule has 0 aromatic heterocycles. The number of hydrogen-bond acceptors (Lipinski definition) is 5. The summed E-state index contributed by atoms with van der Waals surface area (Å²) in [5.41, 5.74) is 0.430. The summed E-state index contributed by atoms with van der Waals surface area (Å²) in [6.45, 7) is 29.0. The van der Waals surface area contributed by atoms with E-state index in [9.17, 15) is 4.79 Å². The van der Waals surface area contributed by atoms with Crippen LogP contribution in [0.15, 0.2) is 0 Å². The van der Waals surface area contributed by atoms with Crippen LogP contribution in [0, 0.1) is 46.3 Å². The lowest BCUT2D eigenvalue weighted by Gasteiger charge is -2.66. The highest BCUT2D eigenvalue weighted by atomic mass is 28.4. The van der Waals surface area contributed by atoms with Crippen molar-refractivity contribution < 1.29 is 22.8 Å². The largest absolute Gasteiger partial charge is 0.469 e. The highest BCUT2D eigenvalue weighted by Crippen LogP contribution is 2.69. The smallest absolute Gasteiger partial charge is 0.305 e. The van der Waals surface area contributed by atoms with Crippen molar-refractivity contribution in [3.05, 3.63) is 0 Å². The second kappa shape index (κ2) is 12.3. The van der Waals surface area contributed by atoms with Gasteiger partial charge in [-0.05, 0) is 157 Å². The SMILES string of the molecule is COC(=O)CC[C@@H](C)[C@H]1CCC2C3C(C[C@H](O[Si](C)(C)C)[C@@]21C)[C@@]1(C)CC[C@@H](O[Si](C)(C)C)C[C@H]1C[C@H]3O[Si](C)(C)C. The Morgan fingerprint density at radius 1 is 0.810 bits per heavy atom. The van der Waals surface area contributed by atoms with Gasteiger partial charge in [-0.2, -0.15) is 0 Å². The Labute approximate surface area is 262 Å². The van der Waals surface area contributed by atoms with Crippen molar-refractivity contribution in [2.75, 3.05) is 7.11 Å². The Hall–Kier alpha value is 0.000649. The molecule has 0 aromatic carbocycles. The van der Waals surface area contributed by atoms with Crippen molar-refractivity contribution in [3.8, 4) is 0 Å². The van der Waals surface area contributed by atoms with E-state index in [1.165, 1.54) is 52.1 Å². The van der Waals surface area contributed by atoms with Crippen LogP contribution in [0.3, 0.4) is 0 Å². The zero-order valence-electron chi connectivity index (χ0n) is 29.6. The van der Waals surface area contributed by atoms with Crippen LogP contribution >= 0.6 is 0 Å². The number of methoxy groups -OCH3 is 1. The fourth-order valence-corrected chi connectivity index (χ4v) is 14.1. The Kier molecular flexibility index (Phi) is 10.2. The van der Waals surface area contributed by atoms with Gasteiger partial charge in [-0.15, -0.1) is 0 Å². The lowest BCUT2D eigenvalue weighted by atomic mass is 9.43. The van der Waals surface area contributed by atoms with Crippen molar-refractivity contribution in [2.45, 2.75) is 156 Å². The minimum absolute atomic E-state index is 0.0799. The maximum atomic E-state index is 12.1. The first-order valence-electron chi connectivity index (χ1n) is 17.3. The van der Waals surface area contributed by atoms with E-state index in [2.05, 4.69) is 79.7 Å². The van der Waals surface area contributed by atoms with Crippen LogP contribution in [0.2, 0.25) is 58.9 Å². The van der Waals surface area contributed by atoms with Crippen molar-refractivity contribution in [2.24, 2.45) is 46.3 Å². The molecule has 244 valence electrons. The molecule has 3 unspecified atom stereocenters. The summed E-state index contributed by atoms with van der Waals surface area (Å²) >= 11 is 0. The number of fused-ring (bicyclic) bond motifs is 5. The molecule has 11 atom stereocenters. The van der Waals surface area contributed by atoms with Crippen molar-refractivity contribution in [1.82, 2.24) is 0 Å². The molecule has 0 bridgehead atoms. The average molecular weight is 639 g/mol. The standard InChI is InChI=1S/C34H66O5Si3/c1-23(14-17-31(35)36-4)26-15-16-27-32-28(22-30(34(26,27)3)39-42(11,12)13)33(2)19-18-25(37-40(5,6)7)20-24(33)21-29(32)38-41(8,9)10/h23-30,32H,14-22H2,1-13H3/t23-,24+,25-,26-,27?,28?,29-,30+,32?,33+,34-/m1/s1. The molecular formula is C34H66O5Si3. The number of carbonyl (C=O) groups is 1. The van der Waals surface area contributed by atoms with Crippen molar-refractivity contribution in [1.29, 1.82) is 0 Å². The highest BCUT2D eigenvalue weighted by Gasteiger charge is 2.67. The molecule has 5 nitrogen and oxygen atoms in total. The molecule has 8 heteroatoms. The highest BCUT2D eigenvalue weighted by molar-refractivity contribution is 6.70. The van der Waals surface area contributed by atoms with E-state index in [0.717, 1.165) is 6.42 Å². The molecule has 0 amide bonds. The fourth-order valence-electron chi connectivity index (χ4n) is 10.5. The van der Waals surface area contributed by atoms with Gasteiger partial charge in [0.05, 0.1) is 13.2 Å². The Morgan fingerprint density at radius 2 is 1.43 bits per heavy atom. The molecule has 0 aromatic rings. The van der Waals surface area contributed by atoms with Gasteiger partial charge in [0.2, 0.25) is 0 Å². The van der Waals surface area contributed by atoms with E-state index < -0.39 is 25.0 Å².